The van der Waals surface area contributed by atoms with E-state index in [-0.39, 0.29) is 58.1 Å². The molecule has 7 heteroatoms. The first kappa shape index (κ1) is 28.9. The van der Waals surface area contributed by atoms with Crippen molar-refractivity contribution in [3.05, 3.63) is 23.0 Å². The average molecular weight is 552 g/mol. The van der Waals surface area contributed by atoms with E-state index >= 15 is 0 Å². The molecule has 1 N–H and O–H groups in total. The molecule has 7 nitrogen and oxygen atoms in total. The van der Waals surface area contributed by atoms with Crippen LogP contribution < -0.4 is 0 Å². The largest absolute Gasteiger partial charge is 0.510 e. The summed E-state index contributed by atoms with van der Waals surface area (Å²) in [5, 5.41) is 21.2. The summed E-state index contributed by atoms with van der Waals surface area (Å²) in [6.07, 6.45) is 7.34. The highest BCUT2D eigenvalue weighted by Gasteiger charge is 2.72. The number of nitrogens with zero attached hydrogens (tertiary/aromatic N) is 1. The van der Waals surface area contributed by atoms with Crippen molar-refractivity contribution in [2.24, 2.45) is 50.2 Å². The van der Waals surface area contributed by atoms with E-state index in [1.807, 2.05) is 6.08 Å². The number of allylic oxidation sites excluding steroid dienone is 3. The molecular weight excluding hydrogens is 506 g/mol. The van der Waals surface area contributed by atoms with Crippen LogP contribution in [0.1, 0.15) is 92.9 Å². The lowest BCUT2D eigenvalue weighted by Gasteiger charge is -2.69. The number of esters is 2. The third kappa shape index (κ3) is 3.31. The van der Waals surface area contributed by atoms with Crippen LogP contribution in [-0.4, -0.2) is 37.0 Å². The molecule has 0 aromatic carbocycles. The van der Waals surface area contributed by atoms with Crippen LogP contribution in [0.3, 0.4) is 0 Å². The predicted molar refractivity (Wildman–Crippen MR) is 148 cm³/mol. The van der Waals surface area contributed by atoms with Crippen LogP contribution in [0.4, 0.5) is 0 Å². The van der Waals surface area contributed by atoms with Gasteiger partial charge in [-0.05, 0) is 97.9 Å². The predicted octanol–water partition coefficient (Wildman–Crippen LogP) is 6.24. The Morgan fingerprint density at radius 2 is 1.60 bits per heavy atom. The molecule has 40 heavy (non-hydrogen) atoms. The molecule has 0 radical (unpaired) electrons. The Bertz CT molecular complexity index is 1290. The van der Waals surface area contributed by atoms with Gasteiger partial charge in [-0.3, -0.25) is 14.4 Å². The molecule has 5 aliphatic rings. The molecule has 1 unspecified atom stereocenters. The number of carbonyl (C=O) groups excluding carboxylic acids is 3. The maximum Gasteiger partial charge on any atom is 0.319 e. The van der Waals surface area contributed by atoms with Gasteiger partial charge < -0.3 is 14.6 Å². The van der Waals surface area contributed by atoms with Gasteiger partial charge in [0.25, 0.3) is 0 Å². The second-order valence-electron chi connectivity index (χ2n) is 15.1. The van der Waals surface area contributed by atoms with Crippen LogP contribution >= 0.6 is 0 Å². The fourth-order valence-corrected chi connectivity index (χ4v) is 10.6. The second kappa shape index (κ2) is 8.69. The summed E-state index contributed by atoms with van der Waals surface area (Å²) in [6, 6.07) is 2.16. The van der Waals surface area contributed by atoms with Crippen molar-refractivity contribution in [2.45, 2.75) is 92.9 Å². The van der Waals surface area contributed by atoms with Crippen molar-refractivity contribution < 1.29 is 29.0 Å². The van der Waals surface area contributed by atoms with Crippen LogP contribution in [0.15, 0.2) is 23.0 Å². The van der Waals surface area contributed by atoms with E-state index < -0.39 is 27.6 Å². The fourth-order valence-electron chi connectivity index (χ4n) is 10.6. The molecule has 8 atom stereocenters. The summed E-state index contributed by atoms with van der Waals surface area (Å²) < 4.78 is 10.6. The summed E-state index contributed by atoms with van der Waals surface area (Å²) in [7, 11) is 2.77. The summed E-state index contributed by atoms with van der Waals surface area (Å²) in [4.78, 5) is 41.2. The smallest absolute Gasteiger partial charge is 0.319 e. The molecule has 0 aromatic rings. The molecule has 3 fully saturated rings. The third-order valence-electron chi connectivity index (χ3n) is 13.0. The quantitative estimate of drug-likeness (QED) is 0.404. The normalized spacial score (nSPS) is 45.5. The minimum absolute atomic E-state index is 0.0188. The van der Waals surface area contributed by atoms with Crippen LogP contribution in [-0.2, 0) is 23.9 Å². The van der Waals surface area contributed by atoms with E-state index in [1.54, 1.807) is 6.92 Å². The van der Waals surface area contributed by atoms with Gasteiger partial charge in [-0.15, -0.1) is 0 Å². The number of ether oxygens (including phenoxy) is 2. The van der Waals surface area contributed by atoms with Gasteiger partial charge in [0.05, 0.1) is 31.3 Å². The van der Waals surface area contributed by atoms with E-state index in [0.29, 0.717) is 12.8 Å². The third-order valence-corrected chi connectivity index (χ3v) is 13.0. The Kier molecular flexibility index (Phi) is 6.28. The number of hydrogen-bond acceptors (Lipinski definition) is 7. The van der Waals surface area contributed by atoms with Crippen molar-refractivity contribution in [2.75, 3.05) is 14.2 Å². The number of aliphatic hydroxyl groups excluding tert-OH is 1. The molecule has 5 aliphatic carbocycles. The summed E-state index contributed by atoms with van der Waals surface area (Å²) in [5.74, 6) is -1.66. The number of methoxy groups -OCH3 is 2. The van der Waals surface area contributed by atoms with E-state index in [1.165, 1.54) is 14.2 Å². The van der Waals surface area contributed by atoms with E-state index in [9.17, 15) is 24.8 Å². The number of fused-ring (bicyclic) bond motifs is 7. The monoisotopic (exact) mass is 551 g/mol. The molecule has 0 spiro atoms. The highest BCUT2D eigenvalue weighted by molar-refractivity contribution is 5.96. The summed E-state index contributed by atoms with van der Waals surface area (Å²) in [5.41, 5.74) is -2.33. The van der Waals surface area contributed by atoms with E-state index in [0.717, 1.165) is 37.7 Å². The zero-order valence-corrected chi connectivity index (χ0v) is 25.4. The first-order chi connectivity index (χ1) is 18.5. The van der Waals surface area contributed by atoms with Crippen molar-refractivity contribution in [3.63, 3.8) is 0 Å². The van der Waals surface area contributed by atoms with Crippen LogP contribution in [0.2, 0.25) is 0 Å². The number of ketones is 1. The molecule has 0 saturated heterocycles. The standard InChI is InChI=1S/C33H45NO6/c1-28(2)11-13-33(27(38)40-8)14-12-31(5)24(20(33)17-28)21(35)15-23-29(3)16-19(18-34)25(36)32(6,26(37)39-7)22(29)9-10-30(23,31)4/h15,20,22,24,36H,9-14,16-17H2,1-8H3/t20-,22?,24-,29-,30+,31+,32-,33-/m0/s1. The maximum atomic E-state index is 14.5. The fraction of sp³-hybridized carbons (Fsp3) is 0.758. The van der Waals surface area contributed by atoms with Gasteiger partial charge in [-0.1, -0.05) is 40.2 Å². The first-order valence-electron chi connectivity index (χ1n) is 14.8. The Morgan fingerprint density at radius 1 is 0.975 bits per heavy atom. The zero-order chi connectivity index (χ0) is 29.7. The Morgan fingerprint density at radius 3 is 2.20 bits per heavy atom. The highest BCUT2D eigenvalue weighted by Crippen LogP contribution is 2.75. The summed E-state index contributed by atoms with van der Waals surface area (Å²) in [6.45, 7) is 12.7. The summed E-state index contributed by atoms with van der Waals surface area (Å²) >= 11 is 0. The Labute approximate surface area is 238 Å². The van der Waals surface area contributed by atoms with Crippen molar-refractivity contribution >= 4 is 17.7 Å². The van der Waals surface area contributed by atoms with Gasteiger partial charge in [-0.2, -0.15) is 5.26 Å². The topological polar surface area (TPSA) is 114 Å². The molecule has 0 heterocycles. The van der Waals surface area contributed by atoms with Gasteiger partial charge in [0.15, 0.2) is 5.78 Å². The lowest BCUT2D eigenvalue weighted by atomic mass is 9.34. The molecule has 3 saturated carbocycles. The first-order valence-corrected chi connectivity index (χ1v) is 14.8. The molecule has 0 aliphatic heterocycles. The molecule has 0 bridgehead atoms. The SMILES string of the molecule is COC(=O)[C@]1(C)C(O)=C(C#N)C[C@]2(C)C3=CC(=O)[C@@H]4[C@@H]5CC(C)(C)CC[C@]5(C(=O)OC)CC[C@@]4(C)[C@]3(C)CCC12. The molecule has 0 amide bonds. The maximum absolute atomic E-state index is 14.5. The minimum atomic E-state index is -1.38. The Hall–Kier alpha value is -2.62. The van der Waals surface area contributed by atoms with Crippen LogP contribution in [0.5, 0.6) is 0 Å². The van der Waals surface area contributed by atoms with E-state index in [2.05, 4.69) is 40.7 Å². The lowest BCUT2D eigenvalue weighted by molar-refractivity contribution is -0.192. The Balaban J connectivity index is 1.70. The van der Waals surface area contributed by atoms with Gasteiger partial charge in [0.2, 0.25) is 0 Å². The van der Waals surface area contributed by atoms with Crippen LogP contribution in [0.25, 0.3) is 0 Å². The van der Waals surface area contributed by atoms with Gasteiger partial charge in [0.1, 0.15) is 11.2 Å². The van der Waals surface area contributed by atoms with E-state index in [4.69, 9.17) is 9.47 Å². The number of carbonyl (C=O) groups is 3. The number of rotatable bonds is 2. The molecule has 0 aromatic heterocycles. The number of aliphatic hydroxyl groups is 1. The van der Waals surface area contributed by atoms with Crippen molar-refractivity contribution in [1.82, 2.24) is 0 Å². The highest BCUT2D eigenvalue weighted by atomic mass is 16.5. The zero-order valence-electron chi connectivity index (χ0n) is 25.4. The average Bonchev–Trinajstić information content (AvgIpc) is 2.90. The van der Waals surface area contributed by atoms with Crippen LogP contribution in [0, 0.1) is 61.6 Å². The minimum Gasteiger partial charge on any atom is -0.510 e. The lowest BCUT2D eigenvalue weighted by Crippen LogP contribution is -2.66. The van der Waals surface area contributed by atoms with Crippen molar-refractivity contribution in [3.8, 4) is 6.07 Å². The van der Waals surface area contributed by atoms with Gasteiger partial charge >= 0.3 is 11.9 Å². The van der Waals surface area contributed by atoms with Gasteiger partial charge in [-0.25, -0.2) is 0 Å². The number of nitriles is 1. The second-order valence-corrected chi connectivity index (χ2v) is 15.1. The number of hydrogen-bond donors (Lipinski definition) is 1. The molecule has 5 rings (SSSR count). The molecule has 218 valence electrons. The van der Waals surface area contributed by atoms with Gasteiger partial charge in [0, 0.05) is 5.92 Å². The molecular formula is C33H45NO6. The van der Waals surface area contributed by atoms with Crippen molar-refractivity contribution in [1.29, 1.82) is 5.26 Å².